The van der Waals surface area contributed by atoms with Gasteiger partial charge in [0.25, 0.3) is 5.91 Å². The van der Waals surface area contributed by atoms with Gasteiger partial charge >= 0.3 is 0 Å². The van der Waals surface area contributed by atoms with E-state index in [1.165, 1.54) is 5.56 Å². The number of rotatable bonds is 8. The van der Waals surface area contributed by atoms with Crippen molar-refractivity contribution < 1.29 is 14.3 Å². The van der Waals surface area contributed by atoms with Crippen LogP contribution >= 0.6 is 22.6 Å². The summed E-state index contributed by atoms with van der Waals surface area (Å²) in [5, 5.41) is 0. The van der Waals surface area contributed by atoms with Crippen molar-refractivity contribution in [3.63, 3.8) is 0 Å². The van der Waals surface area contributed by atoms with E-state index < -0.39 is 0 Å². The average molecular weight is 567 g/mol. The van der Waals surface area contributed by atoms with Crippen molar-refractivity contribution in [1.29, 1.82) is 0 Å². The number of amides is 1. The van der Waals surface area contributed by atoms with Crippen LogP contribution in [0.4, 0.5) is 5.69 Å². The van der Waals surface area contributed by atoms with Crippen molar-refractivity contribution in [3.8, 4) is 11.5 Å². The molecule has 3 aromatic carbocycles. The third-order valence-electron chi connectivity index (χ3n) is 5.65. The number of carbonyl (C=O) groups is 1. The number of fused-ring (bicyclic) bond motifs is 1. The SMILES string of the molecule is CCOc1cc(/C=C2\C(=O)N(CC(C)C)c3ccccc32)cc(I)c1OCc1ccc(C)cc1. The van der Waals surface area contributed by atoms with Gasteiger partial charge in [-0.1, -0.05) is 61.9 Å². The fraction of sp³-hybridized carbons (Fsp3) is 0.276. The maximum atomic E-state index is 13.3. The molecule has 0 saturated carbocycles. The fourth-order valence-corrected chi connectivity index (χ4v) is 4.85. The fourth-order valence-electron chi connectivity index (χ4n) is 4.07. The molecule has 0 unspecified atom stereocenters. The number of nitrogens with zero attached hydrogens (tertiary/aromatic N) is 1. The molecule has 0 N–H and O–H groups in total. The Hall–Kier alpha value is -2.80. The van der Waals surface area contributed by atoms with E-state index in [0.29, 0.717) is 37.0 Å². The lowest BCUT2D eigenvalue weighted by Gasteiger charge is -2.19. The van der Waals surface area contributed by atoms with Crippen LogP contribution in [0.1, 0.15) is 43.0 Å². The molecular weight excluding hydrogens is 537 g/mol. The Morgan fingerprint density at radius 3 is 2.47 bits per heavy atom. The molecule has 0 spiro atoms. The second-order valence-corrected chi connectivity index (χ2v) is 10.1. The molecule has 4 nitrogen and oxygen atoms in total. The maximum absolute atomic E-state index is 13.3. The van der Waals surface area contributed by atoms with Gasteiger partial charge in [0.2, 0.25) is 0 Å². The first-order chi connectivity index (χ1) is 16.4. The molecule has 176 valence electrons. The number of ether oxygens (including phenoxy) is 2. The Bertz CT molecular complexity index is 1210. The van der Waals surface area contributed by atoms with Crippen molar-refractivity contribution in [2.24, 2.45) is 5.92 Å². The van der Waals surface area contributed by atoms with Crippen molar-refractivity contribution >= 4 is 45.8 Å². The molecule has 1 amide bonds. The van der Waals surface area contributed by atoms with E-state index >= 15 is 0 Å². The van der Waals surface area contributed by atoms with Gasteiger partial charge in [-0.15, -0.1) is 0 Å². The van der Waals surface area contributed by atoms with E-state index in [2.05, 4.69) is 67.6 Å². The molecule has 0 fully saturated rings. The summed E-state index contributed by atoms with van der Waals surface area (Å²) in [7, 11) is 0. The molecule has 1 aliphatic heterocycles. The molecule has 0 atom stereocenters. The summed E-state index contributed by atoms with van der Waals surface area (Å²) in [5.74, 6) is 1.84. The van der Waals surface area contributed by atoms with Crippen LogP contribution in [0.3, 0.4) is 0 Å². The smallest absolute Gasteiger partial charge is 0.259 e. The minimum Gasteiger partial charge on any atom is -0.490 e. The first-order valence-corrected chi connectivity index (χ1v) is 12.7. The zero-order valence-electron chi connectivity index (χ0n) is 20.1. The van der Waals surface area contributed by atoms with Crippen molar-refractivity contribution in [3.05, 3.63) is 86.5 Å². The molecule has 4 rings (SSSR count). The van der Waals surface area contributed by atoms with E-state index in [1.807, 2.05) is 54.3 Å². The minimum absolute atomic E-state index is 0.0440. The highest BCUT2D eigenvalue weighted by molar-refractivity contribution is 14.1. The molecule has 3 aromatic rings. The first-order valence-electron chi connectivity index (χ1n) is 11.6. The van der Waals surface area contributed by atoms with Crippen LogP contribution < -0.4 is 14.4 Å². The van der Waals surface area contributed by atoms with Crippen LogP contribution in [0.5, 0.6) is 11.5 Å². The molecule has 1 heterocycles. The lowest BCUT2D eigenvalue weighted by molar-refractivity contribution is -0.113. The van der Waals surface area contributed by atoms with Gasteiger partial charge in [0, 0.05) is 17.7 Å². The number of halogens is 1. The molecular formula is C29H30INO3. The molecule has 5 heteroatoms. The minimum atomic E-state index is 0.0440. The van der Waals surface area contributed by atoms with Crippen LogP contribution in [0.25, 0.3) is 11.6 Å². The predicted molar refractivity (Wildman–Crippen MR) is 147 cm³/mol. The highest BCUT2D eigenvalue weighted by atomic mass is 127. The van der Waals surface area contributed by atoms with E-state index in [-0.39, 0.29) is 5.91 Å². The lowest BCUT2D eigenvalue weighted by atomic mass is 10.0. The number of hydrogen-bond donors (Lipinski definition) is 0. The predicted octanol–water partition coefficient (Wildman–Crippen LogP) is 7.12. The summed E-state index contributed by atoms with van der Waals surface area (Å²) in [6, 6.07) is 20.3. The summed E-state index contributed by atoms with van der Waals surface area (Å²) in [6.45, 7) is 9.98. The highest BCUT2D eigenvalue weighted by Crippen LogP contribution is 2.40. The maximum Gasteiger partial charge on any atom is 0.259 e. The van der Waals surface area contributed by atoms with Gasteiger partial charge in [-0.05, 0) is 77.8 Å². The quantitative estimate of drug-likeness (QED) is 0.215. The first kappa shape index (κ1) is 24.3. The van der Waals surface area contributed by atoms with Crippen LogP contribution in [0.15, 0.2) is 60.7 Å². The van der Waals surface area contributed by atoms with Crippen LogP contribution in [-0.2, 0) is 11.4 Å². The monoisotopic (exact) mass is 567 g/mol. The zero-order chi connectivity index (χ0) is 24.2. The normalized spacial score (nSPS) is 14.1. The summed E-state index contributed by atoms with van der Waals surface area (Å²) < 4.78 is 13.1. The van der Waals surface area contributed by atoms with Gasteiger partial charge in [0.15, 0.2) is 11.5 Å². The lowest BCUT2D eigenvalue weighted by Crippen LogP contribution is -2.30. The van der Waals surface area contributed by atoms with Crippen LogP contribution in [0, 0.1) is 16.4 Å². The molecule has 0 aliphatic carbocycles. The number of hydrogen-bond acceptors (Lipinski definition) is 3. The van der Waals surface area contributed by atoms with Crippen LogP contribution in [0.2, 0.25) is 0 Å². The summed E-state index contributed by atoms with van der Waals surface area (Å²) in [5.41, 5.74) is 5.91. The second-order valence-electron chi connectivity index (χ2n) is 8.92. The molecule has 0 radical (unpaired) electrons. The van der Waals surface area contributed by atoms with Gasteiger partial charge in [0.1, 0.15) is 6.61 Å². The molecule has 0 aromatic heterocycles. The molecule has 34 heavy (non-hydrogen) atoms. The van der Waals surface area contributed by atoms with Crippen molar-refractivity contribution in [2.75, 3.05) is 18.1 Å². The van der Waals surface area contributed by atoms with Gasteiger partial charge in [-0.2, -0.15) is 0 Å². The second kappa shape index (κ2) is 10.6. The Labute approximate surface area is 215 Å². The summed E-state index contributed by atoms with van der Waals surface area (Å²) in [6.07, 6.45) is 1.97. The van der Waals surface area contributed by atoms with E-state index in [0.717, 1.165) is 31.7 Å². The Morgan fingerprint density at radius 1 is 1.03 bits per heavy atom. The summed E-state index contributed by atoms with van der Waals surface area (Å²) in [4.78, 5) is 15.2. The standard InChI is InChI=1S/C29H30INO3/c1-5-33-27-16-22(15-25(30)28(27)34-18-21-12-10-20(4)11-13-21)14-24-23-8-6-7-9-26(23)31(29(24)32)17-19(2)3/h6-16,19H,5,17-18H2,1-4H3/b24-14-. The number of aryl methyl sites for hydroxylation is 1. The van der Waals surface area contributed by atoms with Crippen molar-refractivity contribution in [1.82, 2.24) is 0 Å². The van der Waals surface area contributed by atoms with Gasteiger partial charge in [-0.3, -0.25) is 4.79 Å². The Morgan fingerprint density at radius 2 is 1.76 bits per heavy atom. The molecule has 0 bridgehead atoms. The topological polar surface area (TPSA) is 38.8 Å². The van der Waals surface area contributed by atoms with Gasteiger partial charge in [0.05, 0.1) is 15.9 Å². The molecule has 1 aliphatic rings. The largest absolute Gasteiger partial charge is 0.490 e. The van der Waals surface area contributed by atoms with Crippen molar-refractivity contribution in [2.45, 2.75) is 34.3 Å². The third kappa shape index (κ3) is 5.30. The van der Waals surface area contributed by atoms with Crippen LogP contribution in [-0.4, -0.2) is 19.1 Å². The number of para-hydroxylation sites is 1. The average Bonchev–Trinajstić information content (AvgIpc) is 3.05. The third-order valence-corrected chi connectivity index (χ3v) is 6.46. The Kier molecular flexibility index (Phi) is 7.61. The number of anilines is 1. The Balaban J connectivity index is 1.67. The number of carbonyl (C=O) groups excluding carboxylic acids is 1. The highest BCUT2D eigenvalue weighted by Gasteiger charge is 2.32. The van der Waals surface area contributed by atoms with E-state index in [4.69, 9.17) is 9.47 Å². The summed E-state index contributed by atoms with van der Waals surface area (Å²) >= 11 is 2.28. The van der Waals surface area contributed by atoms with E-state index in [1.54, 1.807) is 0 Å². The van der Waals surface area contributed by atoms with Gasteiger partial charge < -0.3 is 14.4 Å². The molecule has 0 saturated heterocycles. The number of benzene rings is 3. The van der Waals surface area contributed by atoms with E-state index in [9.17, 15) is 4.79 Å². The van der Waals surface area contributed by atoms with Gasteiger partial charge in [-0.25, -0.2) is 0 Å². The zero-order valence-corrected chi connectivity index (χ0v) is 22.3.